The summed E-state index contributed by atoms with van der Waals surface area (Å²) in [6.07, 6.45) is 2.95. The van der Waals surface area contributed by atoms with E-state index in [9.17, 15) is 14.4 Å². The molecule has 1 fully saturated rings. The summed E-state index contributed by atoms with van der Waals surface area (Å²) < 4.78 is 11.0. The minimum atomic E-state index is -0.586. The van der Waals surface area contributed by atoms with E-state index < -0.39 is 12.0 Å². The highest BCUT2D eigenvalue weighted by Gasteiger charge is 2.46. The molecule has 8 heteroatoms. The smallest absolute Gasteiger partial charge is 0.254 e. The van der Waals surface area contributed by atoms with Gasteiger partial charge in [-0.05, 0) is 48.1 Å². The minimum Gasteiger partial charge on any atom is -0.493 e. The van der Waals surface area contributed by atoms with Gasteiger partial charge in [-0.3, -0.25) is 14.4 Å². The van der Waals surface area contributed by atoms with Crippen LogP contribution in [0.4, 0.5) is 0 Å². The molecule has 0 unspecified atom stereocenters. The van der Waals surface area contributed by atoms with Crippen molar-refractivity contribution in [2.24, 2.45) is 0 Å². The summed E-state index contributed by atoms with van der Waals surface area (Å²) in [5.74, 6) is 0.318. The van der Waals surface area contributed by atoms with Crippen molar-refractivity contribution in [1.29, 1.82) is 0 Å². The number of benzene rings is 2. The fourth-order valence-electron chi connectivity index (χ4n) is 5.66. The van der Waals surface area contributed by atoms with E-state index >= 15 is 0 Å². The number of nitrogens with zero attached hydrogens (tertiary/aromatic N) is 2. The molecule has 3 aliphatic rings. The first-order chi connectivity index (χ1) is 17.0. The van der Waals surface area contributed by atoms with Crippen LogP contribution >= 0.6 is 0 Å². The molecule has 3 heterocycles. The van der Waals surface area contributed by atoms with Crippen molar-refractivity contribution in [3.8, 4) is 11.5 Å². The lowest BCUT2D eigenvalue weighted by molar-refractivity contribution is -0.127. The zero-order chi connectivity index (χ0) is 24.5. The Morgan fingerprint density at radius 3 is 2.54 bits per heavy atom. The number of rotatable bonds is 7. The summed E-state index contributed by atoms with van der Waals surface area (Å²) in [6, 6.07) is 11.1. The fraction of sp³-hybridized carbons (Fsp3) is 0.444. The number of amides is 3. The number of likely N-dealkylation sites (tertiary alicyclic amines) is 1. The van der Waals surface area contributed by atoms with Crippen molar-refractivity contribution in [3.63, 3.8) is 0 Å². The van der Waals surface area contributed by atoms with Gasteiger partial charge in [0.1, 0.15) is 0 Å². The summed E-state index contributed by atoms with van der Waals surface area (Å²) in [5, 5.41) is 3.09. The average molecular weight is 478 g/mol. The highest BCUT2D eigenvalue weighted by molar-refractivity contribution is 6.02. The number of nitrogens with one attached hydrogen (secondary N) is 1. The van der Waals surface area contributed by atoms with Crippen LogP contribution in [0.3, 0.4) is 0 Å². The third kappa shape index (κ3) is 4.11. The molecule has 1 saturated heterocycles. The van der Waals surface area contributed by atoms with Crippen molar-refractivity contribution in [3.05, 3.63) is 58.7 Å². The van der Waals surface area contributed by atoms with Gasteiger partial charge in [0.15, 0.2) is 11.5 Å². The number of carbonyl (C=O) groups excluding carboxylic acids is 3. The molecule has 2 atom stereocenters. The maximum atomic E-state index is 13.7. The summed E-state index contributed by atoms with van der Waals surface area (Å²) in [4.78, 5) is 42.9. The topological polar surface area (TPSA) is 88.2 Å². The van der Waals surface area contributed by atoms with Gasteiger partial charge in [-0.25, -0.2) is 0 Å². The van der Waals surface area contributed by atoms with Gasteiger partial charge in [0.05, 0.1) is 26.2 Å². The van der Waals surface area contributed by atoms with Crippen molar-refractivity contribution in [2.75, 3.05) is 40.4 Å². The normalized spacial score (nSPS) is 20.7. The van der Waals surface area contributed by atoms with Crippen LogP contribution in [0.1, 0.15) is 58.3 Å². The molecule has 8 nitrogen and oxygen atoms in total. The summed E-state index contributed by atoms with van der Waals surface area (Å²) in [6.45, 7) is 2.45. The largest absolute Gasteiger partial charge is 0.493 e. The Hall–Kier alpha value is -3.55. The van der Waals surface area contributed by atoms with Crippen LogP contribution in [0.25, 0.3) is 0 Å². The molecule has 0 saturated carbocycles. The van der Waals surface area contributed by atoms with Crippen LogP contribution in [0.15, 0.2) is 36.4 Å². The molecule has 0 aromatic heterocycles. The van der Waals surface area contributed by atoms with E-state index in [1.54, 1.807) is 19.2 Å². The Morgan fingerprint density at radius 1 is 1.03 bits per heavy atom. The SMILES string of the molecule is COc1cc2c(cc1OC)[C@@H](C(=O)NCCCN1CCCC1=O)[C@H]1c3ccccc3CCN1C2=O. The molecule has 2 aromatic carbocycles. The quantitative estimate of drug-likeness (QED) is 0.620. The van der Waals surface area contributed by atoms with Gasteiger partial charge in [0, 0.05) is 38.2 Å². The monoisotopic (exact) mass is 477 g/mol. The fourth-order valence-corrected chi connectivity index (χ4v) is 5.66. The van der Waals surface area contributed by atoms with Crippen LogP contribution in [0.5, 0.6) is 11.5 Å². The summed E-state index contributed by atoms with van der Waals surface area (Å²) in [5.41, 5.74) is 3.30. The van der Waals surface area contributed by atoms with E-state index in [1.807, 2.05) is 28.0 Å². The number of hydrogen-bond acceptors (Lipinski definition) is 5. The van der Waals surface area contributed by atoms with E-state index in [0.29, 0.717) is 55.1 Å². The number of ether oxygens (including phenoxy) is 2. The van der Waals surface area contributed by atoms with Crippen molar-refractivity contribution < 1.29 is 23.9 Å². The molecule has 0 bridgehead atoms. The molecular weight excluding hydrogens is 446 g/mol. The van der Waals surface area contributed by atoms with E-state index in [1.165, 1.54) is 7.11 Å². The first-order valence-corrected chi connectivity index (χ1v) is 12.2. The lowest BCUT2D eigenvalue weighted by atomic mass is 9.75. The summed E-state index contributed by atoms with van der Waals surface area (Å²) >= 11 is 0. The molecule has 1 N–H and O–H groups in total. The molecule has 3 aliphatic heterocycles. The second-order valence-electron chi connectivity index (χ2n) is 9.29. The van der Waals surface area contributed by atoms with Crippen LogP contribution in [-0.2, 0) is 16.0 Å². The molecular formula is C27H31N3O5. The lowest BCUT2D eigenvalue weighted by Crippen LogP contribution is -2.50. The zero-order valence-corrected chi connectivity index (χ0v) is 20.2. The van der Waals surface area contributed by atoms with Crippen LogP contribution in [0, 0.1) is 0 Å². The molecule has 0 spiro atoms. The highest BCUT2D eigenvalue weighted by atomic mass is 16.5. The van der Waals surface area contributed by atoms with E-state index in [2.05, 4.69) is 11.4 Å². The van der Waals surface area contributed by atoms with E-state index in [4.69, 9.17) is 9.47 Å². The predicted molar refractivity (Wildman–Crippen MR) is 130 cm³/mol. The minimum absolute atomic E-state index is 0.1000. The first-order valence-electron chi connectivity index (χ1n) is 12.2. The Kier molecular flexibility index (Phi) is 6.36. The zero-order valence-electron chi connectivity index (χ0n) is 20.2. The number of carbonyl (C=O) groups is 3. The van der Waals surface area contributed by atoms with Gasteiger partial charge in [-0.1, -0.05) is 24.3 Å². The number of methoxy groups -OCH3 is 2. The van der Waals surface area contributed by atoms with Gasteiger partial charge in [0.25, 0.3) is 5.91 Å². The third-order valence-electron chi connectivity index (χ3n) is 7.39. The number of fused-ring (bicyclic) bond motifs is 4. The second-order valence-corrected chi connectivity index (χ2v) is 9.29. The second kappa shape index (κ2) is 9.60. The molecule has 2 aromatic rings. The highest BCUT2D eigenvalue weighted by Crippen LogP contribution is 2.48. The average Bonchev–Trinajstić information content (AvgIpc) is 3.30. The molecule has 5 rings (SSSR count). The Bertz CT molecular complexity index is 1160. The van der Waals surface area contributed by atoms with Gasteiger partial charge in [0.2, 0.25) is 11.8 Å². The molecule has 184 valence electrons. The van der Waals surface area contributed by atoms with Gasteiger partial charge in [-0.2, -0.15) is 0 Å². The van der Waals surface area contributed by atoms with Crippen molar-refractivity contribution >= 4 is 17.7 Å². The van der Waals surface area contributed by atoms with Gasteiger partial charge >= 0.3 is 0 Å². The lowest BCUT2D eigenvalue weighted by Gasteiger charge is -2.45. The number of hydrogen-bond donors (Lipinski definition) is 1. The molecule has 0 radical (unpaired) electrons. The van der Waals surface area contributed by atoms with Crippen molar-refractivity contribution in [1.82, 2.24) is 15.1 Å². The Labute approximate surface area is 205 Å². The molecule has 0 aliphatic carbocycles. The maximum Gasteiger partial charge on any atom is 0.254 e. The van der Waals surface area contributed by atoms with Crippen LogP contribution < -0.4 is 14.8 Å². The van der Waals surface area contributed by atoms with Crippen molar-refractivity contribution in [2.45, 2.75) is 37.6 Å². The molecule has 35 heavy (non-hydrogen) atoms. The maximum absolute atomic E-state index is 13.7. The van der Waals surface area contributed by atoms with E-state index in [-0.39, 0.29) is 17.7 Å². The van der Waals surface area contributed by atoms with Crippen LogP contribution in [-0.4, -0.2) is 67.9 Å². The Morgan fingerprint density at radius 2 is 1.80 bits per heavy atom. The predicted octanol–water partition coefficient (Wildman–Crippen LogP) is 2.67. The first kappa shape index (κ1) is 23.2. The molecule has 3 amide bonds. The van der Waals surface area contributed by atoms with Gasteiger partial charge < -0.3 is 24.6 Å². The van der Waals surface area contributed by atoms with Gasteiger partial charge in [-0.15, -0.1) is 0 Å². The third-order valence-corrected chi connectivity index (χ3v) is 7.39. The van der Waals surface area contributed by atoms with E-state index in [0.717, 1.165) is 30.5 Å². The summed E-state index contributed by atoms with van der Waals surface area (Å²) in [7, 11) is 3.08. The standard InChI is InChI=1S/C27H31N3O5/c1-34-21-15-19-20(16-22(21)35-2)27(33)30-14-10-17-7-3-4-8-18(17)25(30)24(19)26(32)28-11-6-13-29-12-5-9-23(29)31/h3-4,7-8,15-16,24-25H,5-6,9-14H2,1-2H3,(H,28,32)/t24-,25-/m1/s1. The van der Waals surface area contributed by atoms with Crippen LogP contribution in [0.2, 0.25) is 0 Å². The Balaban J connectivity index is 1.47.